The van der Waals surface area contributed by atoms with Crippen molar-refractivity contribution in [1.82, 2.24) is 10.2 Å². The molecule has 0 aromatic heterocycles. The lowest BCUT2D eigenvalue weighted by Crippen LogP contribution is -2.48. The third kappa shape index (κ3) is 7.25. The van der Waals surface area contributed by atoms with Crippen LogP contribution in [0.3, 0.4) is 0 Å². The molecule has 156 valence electrons. The topological polar surface area (TPSA) is 49.4 Å². The summed E-state index contributed by atoms with van der Waals surface area (Å²) in [6.07, 6.45) is 0. The maximum absolute atomic E-state index is 13.0. The summed E-state index contributed by atoms with van der Waals surface area (Å²) in [5, 5.41) is 3.82. The van der Waals surface area contributed by atoms with Gasteiger partial charge in [0.1, 0.15) is 6.04 Å². The van der Waals surface area contributed by atoms with Gasteiger partial charge in [0, 0.05) is 18.8 Å². The van der Waals surface area contributed by atoms with Crippen molar-refractivity contribution in [2.75, 3.05) is 12.3 Å². The minimum absolute atomic E-state index is 0.0738. The number of rotatable bonds is 9. The Morgan fingerprint density at radius 1 is 1.10 bits per heavy atom. The molecule has 2 aromatic rings. The molecule has 0 bridgehead atoms. The number of carbonyl (C=O) groups excluding carboxylic acids is 2. The van der Waals surface area contributed by atoms with E-state index in [2.05, 4.69) is 5.32 Å². The van der Waals surface area contributed by atoms with Crippen LogP contribution in [0.5, 0.6) is 0 Å². The summed E-state index contributed by atoms with van der Waals surface area (Å²) in [6, 6.07) is 12.9. The van der Waals surface area contributed by atoms with E-state index in [-0.39, 0.29) is 17.6 Å². The molecule has 0 radical (unpaired) electrons. The van der Waals surface area contributed by atoms with E-state index >= 15 is 0 Å². The van der Waals surface area contributed by atoms with E-state index in [0.29, 0.717) is 28.9 Å². The second-order valence-electron chi connectivity index (χ2n) is 6.82. The van der Waals surface area contributed by atoms with Gasteiger partial charge in [-0.25, -0.2) is 0 Å². The van der Waals surface area contributed by atoms with Gasteiger partial charge in [-0.3, -0.25) is 9.59 Å². The van der Waals surface area contributed by atoms with Gasteiger partial charge < -0.3 is 10.2 Å². The quantitative estimate of drug-likeness (QED) is 0.576. The normalized spacial score (nSPS) is 11.8. The Morgan fingerprint density at radius 3 is 2.52 bits per heavy atom. The van der Waals surface area contributed by atoms with Crippen LogP contribution in [0.25, 0.3) is 0 Å². The highest BCUT2D eigenvalue weighted by Crippen LogP contribution is 2.25. The molecule has 0 saturated heterocycles. The summed E-state index contributed by atoms with van der Waals surface area (Å²) in [6.45, 7) is 6.57. The van der Waals surface area contributed by atoms with Crippen molar-refractivity contribution >= 4 is 46.8 Å². The zero-order valence-electron chi connectivity index (χ0n) is 16.9. The smallest absolute Gasteiger partial charge is 0.242 e. The van der Waals surface area contributed by atoms with Gasteiger partial charge in [-0.15, -0.1) is 11.8 Å². The van der Waals surface area contributed by atoms with E-state index in [9.17, 15) is 9.59 Å². The molecule has 4 nitrogen and oxygen atoms in total. The summed E-state index contributed by atoms with van der Waals surface area (Å²) < 4.78 is 0. The van der Waals surface area contributed by atoms with Crippen LogP contribution in [0.15, 0.2) is 42.5 Å². The van der Waals surface area contributed by atoms with Gasteiger partial charge in [-0.1, -0.05) is 59.1 Å². The number of halogens is 2. The molecule has 0 heterocycles. The Bertz CT molecular complexity index is 860. The predicted octanol–water partition coefficient (Wildman–Crippen LogP) is 5.09. The Labute approximate surface area is 187 Å². The number of carbonyl (C=O) groups is 2. The lowest BCUT2D eigenvalue weighted by Gasteiger charge is -2.28. The van der Waals surface area contributed by atoms with Crippen LogP contribution < -0.4 is 5.32 Å². The number of aryl methyl sites for hydroxylation is 1. The molecule has 0 aliphatic rings. The van der Waals surface area contributed by atoms with Gasteiger partial charge >= 0.3 is 0 Å². The van der Waals surface area contributed by atoms with Crippen molar-refractivity contribution in [2.24, 2.45) is 0 Å². The Kier molecular flexibility index (Phi) is 9.34. The molecule has 2 rings (SSSR count). The number of hydrogen-bond donors (Lipinski definition) is 1. The van der Waals surface area contributed by atoms with Gasteiger partial charge in [-0.05, 0) is 44.0 Å². The van der Waals surface area contributed by atoms with Crippen LogP contribution in [-0.2, 0) is 21.9 Å². The maximum Gasteiger partial charge on any atom is 0.242 e. The molecular formula is C22H26Cl2N2O2S. The van der Waals surface area contributed by atoms with Crippen molar-refractivity contribution in [3.63, 3.8) is 0 Å². The van der Waals surface area contributed by atoms with E-state index < -0.39 is 6.04 Å². The SMILES string of the molecule is CCNC(=O)[C@@H](C)N(Cc1cccc(C)c1)C(=O)CSCc1ccc(Cl)c(Cl)c1. The summed E-state index contributed by atoms with van der Waals surface area (Å²) in [7, 11) is 0. The van der Waals surface area contributed by atoms with Crippen LogP contribution in [0.1, 0.15) is 30.5 Å². The zero-order valence-corrected chi connectivity index (χ0v) is 19.2. The molecule has 29 heavy (non-hydrogen) atoms. The van der Waals surface area contributed by atoms with Crippen LogP contribution in [-0.4, -0.2) is 35.1 Å². The first-order valence-electron chi connectivity index (χ1n) is 9.46. The number of thioether (sulfide) groups is 1. The lowest BCUT2D eigenvalue weighted by molar-refractivity contribution is -0.138. The Hall–Kier alpha value is -1.69. The molecule has 0 fully saturated rings. The summed E-state index contributed by atoms with van der Waals surface area (Å²) >= 11 is 13.5. The Balaban J connectivity index is 2.06. The second kappa shape index (κ2) is 11.5. The highest BCUT2D eigenvalue weighted by molar-refractivity contribution is 7.99. The number of nitrogens with zero attached hydrogens (tertiary/aromatic N) is 1. The average Bonchev–Trinajstić information content (AvgIpc) is 2.68. The first-order valence-corrected chi connectivity index (χ1v) is 11.4. The molecule has 2 aromatic carbocycles. The fraction of sp³-hybridized carbons (Fsp3) is 0.364. The molecule has 1 atom stereocenters. The third-order valence-electron chi connectivity index (χ3n) is 4.43. The molecule has 1 N–H and O–H groups in total. The highest BCUT2D eigenvalue weighted by atomic mass is 35.5. The largest absolute Gasteiger partial charge is 0.355 e. The van der Waals surface area contributed by atoms with Crippen molar-refractivity contribution in [1.29, 1.82) is 0 Å². The van der Waals surface area contributed by atoms with Gasteiger partial charge in [-0.2, -0.15) is 0 Å². The molecule has 0 aliphatic heterocycles. The van der Waals surface area contributed by atoms with Crippen LogP contribution in [0, 0.1) is 6.92 Å². The van der Waals surface area contributed by atoms with Gasteiger partial charge in [0.25, 0.3) is 0 Å². The van der Waals surface area contributed by atoms with Crippen molar-refractivity contribution < 1.29 is 9.59 Å². The standard InChI is InChI=1S/C22H26Cl2N2O2S/c1-4-25-22(28)16(3)26(12-17-7-5-6-15(2)10-17)21(27)14-29-13-18-8-9-19(23)20(24)11-18/h5-11,16H,4,12-14H2,1-3H3,(H,25,28)/t16-/m1/s1. The third-order valence-corrected chi connectivity index (χ3v) is 6.16. The second-order valence-corrected chi connectivity index (χ2v) is 8.62. The fourth-order valence-electron chi connectivity index (χ4n) is 2.88. The van der Waals surface area contributed by atoms with Crippen molar-refractivity contribution in [3.05, 3.63) is 69.2 Å². The van der Waals surface area contributed by atoms with Gasteiger partial charge in [0.15, 0.2) is 0 Å². The van der Waals surface area contributed by atoms with Crippen LogP contribution in [0.2, 0.25) is 10.0 Å². The minimum atomic E-state index is -0.548. The molecule has 0 spiro atoms. The highest BCUT2D eigenvalue weighted by Gasteiger charge is 2.25. The minimum Gasteiger partial charge on any atom is -0.355 e. The molecule has 7 heteroatoms. The maximum atomic E-state index is 13.0. The summed E-state index contributed by atoms with van der Waals surface area (Å²) in [5.41, 5.74) is 3.12. The first-order chi connectivity index (χ1) is 13.8. The predicted molar refractivity (Wildman–Crippen MR) is 122 cm³/mol. The average molecular weight is 453 g/mol. The number of nitrogens with one attached hydrogen (secondary N) is 1. The zero-order chi connectivity index (χ0) is 21.4. The van der Waals surface area contributed by atoms with E-state index in [1.807, 2.05) is 50.2 Å². The van der Waals surface area contributed by atoms with E-state index in [4.69, 9.17) is 23.2 Å². The van der Waals surface area contributed by atoms with Crippen molar-refractivity contribution in [3.8, 4) is 0 Å². The van der Waals surface area contributed by atoms with Gasteiger partial charge in [0.2, 0.25) is 11.8 Å². The van der Waals surface area contributed by atoms with E-state index in [0.717, 1.165) is 16.7 Å². The molecule has 0 saturated carbocycles. The molecule has 0 unspecified atom stereocenters. The molecular weight excluding hydrogens is 427 g/mol. The number of likely N-dealkylation sites (N-methyl/N-ethyl adjacent to an activating group) is 1. The van der Waals surface area contributed by atoms with Crippen LogP contribution in [0.4, 0.5) is 0 Å². The number of hydrogen-bond acceptors (Lipinski definition) is 3. The van der Waals surface area contributed by atoms with Crippen LogP contribution >= 0.6 is 35.0 Å². The lowest BCUT2D eigenvalue weighted by atomic mass is 10.1. The first kappa shape index (κ1) is 23.6. The summed E-state index contributed by atoms with van der Waals surface area (Å²) in [5.74, 6) is 0.685. The monoisotopic (exact) mass is 452 g/mol. The fourth-order valence-corrected chi connectivity index (χ4v) is 4.06. The van der Waals surface area contributed by atoms with Gasteiger partial charge in [0.05, 0.1) is 15.8 Å². The molecule has 2 amide bonds. The Morgan fingerprint density at radius 2 is 1.86 bits per heavy atom. The number of amides is 2. The van der Waals surface area contributed by atoms with E-state index in [1.165, 1.54) is 11.8 Å². The molecule has 0 aliphatic carbocycles. The number of benzene rings is 2. The summed E-state index contributed by atoms with van der Waals surface area (Å²) in [4.78, 5) is 27.0. The van der Waals surface area contributed by atoms with Crippen molar-refractivity contribution in [2.45, 2.75) is 39.1 Å². The van der Waals surface area contributed by atoms with E-state index in [1.54, 1.807) is 17.9 Å².